The molecule has 4 nitrogen and oxygen atoms in total. The summed E-state index contributed by atoms with van der Waals surface area (Å²) in [5.41, 5.74) is 0. The molecule has 120 valence electrons. The zero-order valence-electron chi connectivity index (χ0n) is 13.7. The van der Waals surface area contributed by atoms with Gasteiger partial charge in [0.2, 0.25) is 5.91 Å². The highest BCUT2D eigenvalue weighted by molar-refractivity contribution is 5.82. The molecule has 2 saturated heterocycles. The first-order valence-corrected chi connectivity index (χ1v) is 8.98. The Morgan fingerprint density at radius 2 is 1.95 bits per heavy atom. The van der Waals surface area contributed by atoms with Crippen LogP contribution in [-0.4, -0.2) is 60.0 Å². The van der Waals surface area contributed by atoms with Gasteiger partial charge in [-0.1, -0.05) is 19.8 Å². The highest BCUT2D eigenvalue weighted by atomic mass is 16.2. The van der Waals surface area contributed by atoms with E-state index in [1.807, 2.05) is 0 Å². The van der Waals surface area contributed by atoms with Gasteiger partial charge in [-0.15, -0.1) is 0 Å². The van der Waals surface area contributed by atoms with Crippen LogP contribution in [0.1, 0.15) is 52.4 Å². The molecule has 0 bridgehead atoms. The average Bonchev–Trinajstić information content (AvgIpc) is 2.53. The predicted molar refractivity (Wildman–Crippen MR) is 85.2 cm³/mol. The number of hydrogen-bond donors (Lipinski definition) is 1. The van der Waals surface area contributed by atoms with Gasteiger partial charge < -0.3 is 10.2 Å². The number of nitrogens with one attached hydrogen (secondary N) is 1. The number of piperidine rings is 1. The molecule has 0 aromatic heterocycles. The van der Waals surface area contributed by atoms with Crippen LogP contribution in [0.5, 0.6) is 0 Å². The summed E-state index contributed by atoms with van der Waals surface area (Å²) in [5, 5.41) is 3.69. The SMILES string of the molecule is CCN1CCN(C(=O)C2CCC3CCCCC3N2)CC1C. The Kier molecular flexibility index (Phi) is 4.85. The normalized spacial score (nSPS) is 38.1. The van der Waals surface area contributed by atoms with Gasteiger partial charge in [0.1, 0.15) is 0 Å². The van der Waals surface area contributed by atoms with Crippen molar-refractivity contribution in [3.63, 3.8) is 0 Å². The number of rotatable bonds is 2. The maximum Gasteiger partial charge on any atom is 0.239 e. The number of carbonyl (C=O) groups is 1. The fourth-order valence-corrected chi connectivity index (χ4v) is 4.58. The summed E-state index contributed by atoms with van der Waals surface area (Å²) in [6.07, 6.45) is 7.65. The van der Waals surface area contributed by atoms with E-state index in [1.54, 1.807) is 0 Å². The summed E-state index contributed by atoms with van der Waals surface area (Å²) < 4.78 is 0. The quantitative estimate of drug-likeness (QED) is 0.844. The Bertz CT molecular complexity index is 373. The van der Waals surface area contributed by atoms with Gasteiger partial charge in [-0.25, -0.2) is 0 Å². The fourth-order valence-electron chi connectivity index (χ4n) is 4.58. The molecule has 0 spiro atoms. The molecule has 1 N–H and O–H groups in total. The van der Waals surface area contributed by atoms with Crippen molar-refractivity contribution in [2.24, 2.45) is 5.92 Å². The van der Waals surface area contributed by atoms with Crippen LogP contribution >= 0.6 is 0 Å². The van der Waals surface area contributed by atoms with Crippen molar-refractivity contribution in [2.75, 3.05) is 26.2 Å². The van der Waals surface area contributed by atoms with Crippen molar-refractivity contribution in [1.29, 1.82) is 0 Å². The Labute approximate surface area is 129 Å². The van der Waals surface area contributed by atoms with Gasteiger partial charge >= 0.3 is 0 Å². The molecule has 1 saturated carbocycles. The van der Waals surface area contributed by atoms with E-state index in [9.17, 15) is 4.79 Å². The van der Waals surface area contributed by atoms with E-state index >= 15 is 0 Å². The molecule has 4 unspecified atom stereocenters. The molecule has 3 fully saturated rings. The monoisotopic (exact) mass is 293 g/mol. The molecule has 0 aromatic carbocycles. The van der Waals surface area contributed by atoms with Gasteiger partial charge in [-0.2, -0.15) is 0 Å². The van der Waals surface area contributed by atoms with Crippen LogP contribution in [0, 0.1) is 5.92 Å². The topological polar surface area (TPSA) is 35.6 Å². The van der Waals surface area contributed by atoms with Gasteiger partial charge in [-0.3, -0.25) is 9.69 Å². The molecule has 4 atom stereocenters. The molecule has 21 heavy (non-hydrogen) atoms. The molecular weight excluding hydrogens is 262 g/mol. The first-order chi connectivity index (χ1) is 10.2. The Morgan fingerprint density at radius 1 is 1.14 bits per heavy atom. The van der Waals surface area contributed by atoms with Crippen LogP contribution in [0.3, 0.4) is 0 Å². The molecule has 2 aliphatic heterocycles. The van der Waals surface area contributed by atoms with Gasteiger partial charge in [0.05, 0.1) is 6.04 Å². The highest BCUT2D eigenvalue weighted by Gasteiger charge is 2.37. The Morgan fingerprint density at radius 3 is 2.71 bits per heavy atom. The van der Waals surface area contributed by atoms with Gasteiger partial charge in [-0.05, 0) is 45.1 Å². The maximum atomic E-state index is 12.8. The average molecular weight is 293 g/mol. The van der Waals surface area contributed by atoms with Gasteiger partial charge in [0.15, 0.2) is 0 Å². The molecule has 2 heterocycles. The summed E-state index contributed by atoms with van der Waals surface area (Å²) in [4.78, 5) is 17.4. The third-order valence-corrected chi connectivity index (χ3v) is 5.93. The smallest absolute Gasteiger partial charge is 0.239 e. The minimum atomic E-state index is 0.0877. The van der Waals surface area contributed by atoms with E-state index in [-0.39, 0.29) is 6.04 Å². The molecular formula is C17H31N3O. The Hall–Kier alpha value is -0.610. The second-order valence-electron chi connectivity index (χ2n) is 7.21. The molecule has 4 heteroatoms. The molecule has 3 aliphatic rings. The molecule has 1 aliphatic carbocycles. The van der Waals surface area contributed by atoms with Crippen molar-refractivity contribution in [2.45, 2.75) is 70.5 Å². The van der Waals surface area contributed by atoms with E-state index in [0.29, 0.717) is 18.0 Å². The third-order valence-electron chi connectivity index (χ3n) is 5.93. The summed E-state index contributed by atoms with van der Waals surface area (Å²) >= 11 is 0. The molecule has 3 rings (SSSR count). The number of likely N-dealkylation sites (N-methyl/N-ethyl adjacent to an activating group) is 1. The minimum Gasteiger partial charge on any atom is -0.339 e. The first-order valence-electron chi connectivity index (χ1n) is 8.98. The maximum absolute atomic E-state index is 12.8. The number of hydrogen-bond acceptors (Lipinski definition) is 3. The summed E-state index contributed by atoms with van der Waals surface area (Å²) in [7, 11) is 0. The lowest BCUT2D eigenvalue weighted by atomic mass is 9.77. The number of carbonyl (C=O) groups excluding carboxylic acids is 1. The Balaban J connectivity index is 1.56. The van der Waals surface area contributed by atoms with E-state index in [0.717, 1.165) is 38.5 Å². The fraction of sp³-hybridized carbons (Fsp3) is 0.941. The van der Waals surface area contributed by atoms with Crippen molar-refractivity contribution in [3.8, 4) is 0 Å². The zero-order valence-corrected chi connectivity index (χ0v) is 13.7. The van der Waals surface area contributed by atoms with Crippen LogP contribution in [0.2, 0.25) is 0 Å². The molecule has 0 aromatic rings. The van der Waals surface area contributed by atoms with Gasteiger partial charge in [0, 0.05) is 31.7 Å². The lowest BCUT2D eigenvalue weighted by Gasteiger charge is -2.44. The zero-order chi connectivity index (χ0) is 14.8. The van der Waals surface area contributed by atoms with Crippen LogP contribution in [0.15, 0.2) is 0 Å². The van der Waals surface area contributed by atoms with Crippen LogP contribution in [0.25, 0.3) is 0 Å². The van der Waals surface area contributed by atoms with E-state index in [1.165, 1.54) is 32.1 Å². The van der Waals surface area contributed by atoms with Crippen molar-refractivity contribution in [1.82, 2.24) is 15.1 Å². The number of amides is 1. The van der Waals surface area contributed by atoms with Crippen LogP contribution in [0.4, 0.5) is 0 Å². The second kappa shape index (κ2) is 6.66. The lowest BCUT2D eigenvalue weighted by molar-refractivity contribution is -0.137. The first kappa shape index (κ1) is 15.3. The molecule has 1 amide bonds. The summed E-state index contributed by atoms with van der Waals surface area (Å²) in [6.45, 7) is 8.38. The number of fused-ring (bicyclic) bond motifs is 1. The summed E-state index contributed by atoms with van der Waals surface area (Å²) in [5.74, 6) is 1.19. The number of piperazine rings is 1. The van der Waals surface area contributed by atoms with Crippen molar-refractivity contribution in [3.05, 3.63) is 0 Å². The van der Waals surface area contributed by atoms with E-state index in [2.05, 4.69) is 29.0 Å². The second-order valence-corrected chi connectivity index (χ2v) is 7.21. The third kappa shape index (κ3) is 3.26. The predicted octanol–water partition coefficient (Wildman–Crippen LogP) is 1.85. The van der Waals surface area contributed by atoms with Crippen molar-refractivity contribution >= 4 is 5.91 Å². The van der Waals surface area contributed by atoms with Crippen LogP contribution < -0.4 is 5.32 Å². The summed E-state index contributed by atoms with van der Waals surface area (Å²) in [6, 6.07) is 1.19. The van der Waals surface area contributed by atoms with E-state index < -0.39 is 0 Å². The molecule has 0 radical (unpaired) electrons. The van der Waals surface area contributed by atoms with Crippen LogP contribution in [-0.2, 0) is 4.79 Å². The lowest BCUT2D eigenvalue weighted by Crippen LogP contribution is -2.60. The minimum absolute atomic E-state index is 0.0877. The largest absolute Gasteiger partial charge is 0.339 e. The standard InChI is InChI=1S/C17H31N3O/c1-3-19-10-11-20(12-13(19)2)17(21)16-9-8-14-6-4-5-7-15(14)18-16/h13-16,18H,3-12H2,1-2H3. The van der Waals surface area contributed by atoms with Crippen molar-refractivity contribution < 1.29 is 4.79 Å². The highest BCUT2D eigenvalue weighted by Crippen LogP contribution is 2.32. The number of nitrogens with zero attached hydrogens (tertiary/aromatic N) is 2. The van der Waals surface area contributed by atoms with Gasteiger partial charge in [0.25, 0.3) is 0 Å². The van der Waals surface area contributed by atoms with E-state index in [4.69, 9.17) is 0 Å².